The van der Waals surface area contributed by atoms with Crippen LogP contribution in [0.1, 0.15) is 37.7 Å². The van der Waals surface area contributed by atoms with E-state index in [-0.39, 0.29) is 0 Å². The first-order valence-corrected chi connectivity index (χ1v) is 10.2. The number of fused-ring (bicyclic) bond motifs is 4. The third-order valence-electron chi connectivity index (χ3n) is 5.57. The van der Waals surface area contributed by atoms with E-state index < -0.39 is 0 Å². The molecular weight excluding hydrogens is 366 g/mol. The Hall–Kier alpha value is -3.23. The molecule has 150 valence electrons. The Morgan fingerprint density at radius 3 is 2.86 bits per heavy atom. The number of rotatable bonds is 2. The maximum Gasteiger partial charge on any atom is 0.229 e. The molecule has 5 heterocycles. The third-order valence-corrected chi connectivity index (χ3v) is 5.57. The predicted molar refractivity (Wildman–Crippen MR) is 114 cm³/mol. The second kappa shape index (κ2) is 7.31. The van der Waals surface area contributed by atoms with E-state index in [2.05, 4.69) is 30.2 Å². The Morgan fingerprint density at radius 1 is 1.07 bits per heavy atom. The average Bonchev–Trinajstić information content (AvgIpc) is 3.28. The highest BCUT2D eigenvalue weighted by Crippen LogP contribution is 2.35. The molecule has 2 aliphatic rings. The third kappa shape index (κ3) is 3.26. The van der Waals surface area contributed by atoms with Crippen LogP contribution in [0, 0.1) is 6.92 Å². The molecule has 0 aromatic carbocycles. The number of hydrogen-bond acceptors (Lipinski definition) is 8. The van der Waals surface area contributed by atoms with Crippen molar-refractivity contribution in [3.8, 4) is 0 Å². The summed E-state index contributed by atoms with van der Waals surface area (Å²) < 4.78 is 1.74. The number of aromatic nitrogens is 5. The Kier molecular flexibility index (Phi) is 4.49. The molecule has 3 aromatic heterocycles. The standard InChI is InChI=1S/C20H25N9/c1-14-10-17-23-13-24-29(17)12-15(14)25-19-22-11-16-18(26-19)28-9-7-5-3-4-6-8-21-20(28)27(16)2/h10-13H,3-9H2,1-2H3,(H,22,25,26). The topological polar surface area (TPSA) is 86.8 Å². The summed E-state index contributed by atoms with van der Waals surface area (Å²) in [4.78, 5) is 22.8. The van der Waals surface area contributed by atoms with Gasteiger partial charge in [-0.1, -0.05) is 19.3 Å². The zero-order valence-corrected chi connectivity index (χ0v) is 16.8. The smallest absolute Gasteiger partial charge is 0.229 e. The fourth-order valence-electron chi connectivity index (χ4n) is 3.94. The van der Waals surface area contributed by atoms with Crippen LogP contribution in [-0.2, 0) is 0 Å². The summed E-state index contributed by atoms with van der Waals surface area (Å²) in [5.74, 6) is 2.47. The molecule has 0 unspecified atom stereocenters. The Balaban J connectivity index is 1.48. The highest BCUT2D eigenvalue weighted by molar-refractivity contribution is 6.14. The number of aliphatic imine (C=N–C) groups is 1. The van der Waals surface area contributed by atoms with Gasteiger partial charge >= 0.3 is 0 Å². The van der Waals surface area contributed by atoms with Gasteiger partial charge in [0.05, 0.1) is 18.1 Å². The molecule has 0 saturated carbocycles. The van der Waals surface area contributed by atoms with Gasteiger partial charge in [-0.15, -0.1) is 0 Å². The number of guanidine groups is 1. The van der Waals surface area contributed by atoms with Crippen LogP contribution in [0.3, 0.4) is 0 Å². The van der Waals surface area contributed by atoms with Gasteiger partial charge in [-0.3, -0.25) is 9.89 Å². The van der Waals surface area contributed by atoms with E-state index in [4.69, 9.17) is 9.98 Å². The van der Waals surface area contributed by atoms with E-state index in [0.717, 1.165) is 60.3 Å². The number of pyridine rings is 1. The molecule has 0 saturated heterocycles. The summed E-state index contributed by atoms with van der Waals surface area (Å²) >= 11 is 0. The van der Waals surface area contributed by atoms with Gasteiger partial charge in [0.2, 0.25) is 11.9 Å². The average molecular weight is 391 g/mol. The van der Waals surface area contributed by atoms with Gasteiger partial charge < -0.3 is 10.2 Å². The molecule has 0 fully saturated rings. The van der Waals surface area contributed by atoms with E-state index in [1.807, 2.05) is 32.4 Å². The molecule has 0 radical (unpaired) electrons. The van der Waals surface area contributed by atoms with Gasteiger partial charge in [-0.25, -0.2) is 14.5 Å². The van der Waals surface area contributed by atoms with E-state index >= 15 is 0 Å². The van der Waals surface area contributed by atoms with E-state index in [1.54, 1.807) is 10.8 Å². The van der Waals surface area contributed by atoms with Crippen LogP contribution in [0.5, 0.6) is 0 Å². The minimum absolute atomic E-state index is 0.568. The molecule has 0 aliphatic carbocycles. The maximum absolute atomic E-state index is 4.86. The Labute approximate surface area is 169 Å². The summed E-state index contributed by atoms with van der Waals surface area (Å²) in [6.45, 7) is 3.82. The van der Waals surface area contributed by atoms with Crippen LogP contribution in [-0.4, -0.2) is 50.7 Å². The van der Waals surface area contributed by atoms with Crippen LogP contribution < -0.4 is 15.1 Å². The number of nitrogens with one attached hydrogen (secondary N) is 1. The first-order chi connectivity index (χ1) is 14.2. The Morgan fingerprint density at radius 2 is 1.93 bits per heavy atom. The molecule has 9 heteroatoms. The number of anilines is 4. The zero-order chi connectivity index (χ0) is 19.8. The minimum atomic E-state index is 0.568. The van der Waals surface area contributed by atoms with Crippen LogP contribution in [0.2, 0.25) is 0 Å². The SMILES string of the molecule is Cc1cc2ncnn2cc1Nc1ncc2c(n1)N1CCCCCCCN=C1N2C. The van der Waals surface area contributed by atoms with Crippen molar-refractivity contribution in [1.29, 1.82) is 0 Å². The lowest BCUT2D eigenvalue weighted by molar-refractivity contribution is 0.614. The largest absolute Gasteiger partial charge is 0.323 e. The fourth-order valence-corrected chi connectivity index (χ4v) is 3.94. The molecule has 5 rings (SSSR count). The number of aryl methyl sites for hydroxylation is 1. The van der Waals surface area contributed by atoms with E-state index in [9.17, 15) is 0 Å². The lowest BCUT2D eigenvalue weighted by Gasteiger charge is -2.21. The summed E-state index contributed by atoms with van der Waals surface area (Å²) in [6.07, 6.45) is 11.4. The highest BCUT2D eigenvalue weighted by atomic mass is 15.5. The van der Waals surface area contributed by atoms with Crippen molar-refractivity contribution in [1.82, 2.24) is 24.6 Å². The highest BCUT2D eigenvalue weighted by Gasteiger charge is 2.32. The predicted octanol–water partition coefficient (Wildman–Crippen LogP) is 3.15. The van der Waals surface area contributed by atoms with Gasteiger partial charge in [-0.2, -0.15) is 10.1 Å². The molecule has 1 N–H and O–H groups in total. The van der Waals surface area contributed by atoms with Crippen molar-refractivity contribution in [3.05, 3.63) is 30.4 Å². The zero-order valence-electron chi connectivity index (χ0n) is 16.8. The van der Waals surface area contributed by atoms with Crippen LogP contribution in [0.4, 0.5) is 23.1 Å². The Bertz CT molecular complexity index is 1070. The number of nitrogens with zero attached hydrogens (tertiary/aromatic N) is 8. The van der Waals surface area contributed by atoms with Crippen molar-refractivity contribution in [2.45, 2.75) is 39.0 Å². The quantitative estimate of drug-likeness (QED) is 0.718. The normalized spacial score (nSPS) is 17.1. The van der Waals surface area contributed by atoms with Crippen molar-refractivity contribution >= 4 is 34.7 Å². The molecule has 0 bridgehead atoms. The molecule has 29 heavy (non-hydrogen) atoms. The van der Waals surface area contributed by atoms with Crippen molar-refractivity contribution in [2.75, 3.05) is 35.3 Å². The lowest BCUT2D eigenvalue weighted by atomic mass is 10.1. The molecule has 0 amide bonds. The summed E-state index contributed by atoms with van der Waals surface area (Å²) in [6, 6.07) is 1.99. The van der Waals surface area contributed by atoms with E-state index in [1.165, 1.54) is 19.3 Å². The van der Waals surface area contributed by atoms with Gasteiger partial charge in [0.15, 0.2) is 11.5 Å². The first-order valence-electron chi connectivity index (χ1n) is 10.2. The van der Waals surface area contributed by atoms with Gasteiger partial charge in [-0.05, 0) is 31.4 Å². The summed E-state index contributed by atoms with van der Waals surface area (Å²) in [7, 11) is 2.04. The van der Waals surface area contributed by atoms with E-state index in [0.29, 0.717) is 5.95 Å². The fraction of sp³-hybridized carbons (Fsp3) is 0.450. The monoisotopic (exact) mass is 391 g/mol. The van der Waals surface area contributed by atoms with Crippen LogP contribution >= 0.6 is 0 Å². The molecular formula is C20H25N9. The van der Waals surface area contributed by atoms with Crippen LogP contribution in [0.25, 0.3) is 5.65 Å². The van der Waals surface area contributed by atoms with Crippen molar-refractivity contribution in [2.24, 2.45) is 4.99 Å². The molecule has 0 atom stereocenters. The number of hydrogen-bond donors (Lipinski definition) is 1. The molecule has 3 aromatic rings. The van der Waals surface area contributed by atoms with Crippen LogP contribution in [0.15, 0.2) is 29.8 Å². The lowest BCUT2D eigenvalue weighted by Crippen LogP contribution is -2.37. The first kappa shape index (κ1) is 17.8. The van der Waals surface area contributed by atoms with Gasteiger partial charge in [0.25, 0.3) is 0 Å². The summed E-state index contributed by atoms with van der Waals surface area (Å²) in [5, 5.41) is 7.56. The second-order valence-electron chi connectivity index (χ2n) is 7.62. The van der Waals surface area contributed by atoms with Crippen molar-refractivity contribution in [3.63, 3.8) is 0 Å². The summed E-state index contributed by atoms with van der Waals surface area (Å²) in [5.41, 5.74) is 3.78. The van der Waals surface area contributed by atoms with Gasteiger partial charge in [0, 0.05) is 20.1 Å². The molecule has 9 nitrogen and oxygen atoms in total. The molecule has 0 spiro atoms. The van der Waals surface area contributed by atoms with Gasteiger partial charge in [0.1, 0.15) is 12.0 Å². The minimum Gasteiger partial charge on any atom is -0.323 e. The second-order valence-corrected chi connectivity index (χ2v) is 7.62. The maximum atomic E-state index is 4.86. The van der Waals surface area contributed by atoms with Crippen molar-refractivity contribution < 1.29 is 0 Å². The molecule has 2 aliphatic heterocycles.